The molecule has 4 atom stereocenters. The maximum absolute atomic E-state index is 13.1. The molecule has 3 heterocycles. The second kappa shape index (κ2) is 11.3. The van der Waals surface area contributed by atoms with Gasteiger partial charge in [0.1, 0.15) is 6.61 Å². The van der Waals surface area contributed by atoms with Crippen LogP contribution in [0.25, 0.3) is 0 Å². The summed E-state index contributed by atoms with van der Waals surface area (Å²) in [4.78, 5) is 30.3. The molecule has 1 aromatic carbocycles. The van der Waals surface area contributed by atoms with Crippen molar-refractivity contribution in [3.63, 3.8) is 0 Å². The molecule has 0 aromatic heterocycles. The van der Waals surface area contributed by atoms with Crippen LogP contribution >= 0.6 is 0 Å². The van der Waals surface area contributed by atoms with Gasteiger partial charge in [-0.15, -0.1) is 0 Å². The Kier molecular flexibility index (Phi) is 8.20. The van der Waals surface area contributed by atoms with Gasteiger partial charge in [-0.2, -0.15) is 0 Å². The second-order valence-corrected chi connectivity index (χ2v) is 9.64. The lowest BCUT2D eigenvalue weighted by Crippen LogP contribution is -2.65. The summed E-state index contributed by atoms with van der Waals surface area (Å²) in [5.74, 6) is 1.34. The molecule has 4 rings (SSSR count). The predicted molar refractivity (Wildman–Crippen MR) is 125 cm³/mol. The number of likely N-dealkylation sites (tertiary alicyclic amines) is 1. The fourth-order valence-electron chi connectivity index (χ4n) is 6.28. The van der Waals surface area contributed by atoms with Crippen molar-refractivity contribution < 1.29 is 14.3 Å². The topological polar surface area (TPSA) is 61.9 Å². The van der Waals surface area contributed by atoms with Crippen LogP contribution in [0.5, 0.6) is 0 Å². The molecule has 3 fully saturated rings. The van der Waals surface area contributed by atoms with Gasteiger partial charge in [0.15, 0.2) is 0 Å². The molecule has 1 N–H and O–H groups in total. The van der Waals surface area contributed by atoms with Gasteiger partial charge in [0.25, 0.3) is 0 Å². The van der Waals surface area contributed by atoms with Crippen molar-refractivity contribution in [3.05, 3.63) is 35.9 Å². The van der Waals surface area contributed by atoms with Gasteiger partial charge < -0.3 is 15.0 Å². The molecule has 3 aliphatic rings. The van der Waals surface area contributed by atoms with Crippen LogP contribution in [0.2, 0.25) is 0 Å². The van der Waals surface area contributed by atoms with Crippen LogP contribution < -0.4 is 5.32 Å². The fourth-order valence-corrected chi connectivity index (χ4v) is 6.28. The van der Waals surface area contributed by atoms with Gasteiger partial charge in [0.2, 0.25) is 11.8 Å². The van der Waals surface area contributed by atoms with E-state index in [9.17, 15) is 9.59 Å². The summed E-state index contributed by atoms with van der Waals surface area (Å²) in [5, 5.41) is 3.04. The zero-order valence-corrected chi connectivity index (χ0v) is 19.5. The summed E-state index contributed by atoms with van der Waals surface area (Å²) in [7, 11) is 0. The van der Waals surface area contributed by atoms with Crippen LogP contribution in [0.3, 0.4) is 0 Å². The number of ether oxygens (including phenoxy) is 1. The number of piperidine rings is 3. The molecule has 0 saturated carbocycles. The molecule has 3 saturated heterocycles. The highest BCUT2D eigenvalue weighted by molar-refractivity contribution is 5.78. The van der Waals surface area contributed by atoms with Gasteiger partial charge in [-0.1, -0.05) is 30.3 Å². The maximum Gasteiger partial charge on any atom is 0.248 e. The summed E-state index contributed by atoms with van der Waals surface area (Å²) < 4.78 is 5.49. The summed E-state index contributed by atoms with van der Waals surface area (Å²) in [6.07, 6.45) is 7.12. The van der Waals surface area contributed by atoms with E-state index in [4.69, 9.17) is 4.74 Å². The number of nitrogens with one attached hydrogen (secondary N) is 1. The monoisotopic (exact) mass is 441 g/mol. The Bertz CT molecular complexity index is 754. The molecule has 0 radical (unpaired) electrons. The average molecular weight is 442 g/mol. The van der Waals surface area contributed by atoms with Crippen LogP contribution in [-0.4, -0.2) is 66.5 Å². The first kappa shape index (κ1) is 23.2. The Morgan fingerprint density at radius 3 is 2.69 bits per heavy atom. The molecular weight excluding hydrogens is 402 g/mol. The standard InChI is InChI=1S/C26H39N3O3/c1-2-32-19-25(31)29-18-21-11-7-15-28-16-8-12-22(26(21)28)23(29)13-6-14-24(30)27-17-20-9-4-3-5-10-20/h3-5,9-10,21-23,26H,2,6-8,11-19H2,1H3,(H,27,30)/t21-,22+,23+,26-/m0/s1. The summed E-state index contributed by atoms with van der Waals surface area (Å²) >= 11 is 0. The molecule has 0 bridgehead atoms. The van der Waals surface area contributed by atoms with Gasteiger partial charge >= 0.3 is 0 Å². The quantitative estimate of drug-likeness (QED) is 0.639. The molecule has 6 nitrogen and oxygen atoms in total. The number of carbonyl (C=O) groups excluding carboxylic acids is 2. The lowest BCUT2D eigenvalue weighted by molar-refractivity contribution is -0.151. The van der Waals surface area contributed by atoms with Crippen molar-refractivity contribution in [3.8, 4) is 0 Å². The highest BCUT2D eigenvalue weighted by Crippen LogP contribution is 2.43. The van der Waals surface area contributed by atoms with Crippen molar-refractivity contribution in [1.29, 1.82) is 0 Å². The molecular formula is C26H39N3O3. The van der Waals surface area contributed by atoms with Crippen molar-refractivity contribution in [2.75, 3.05) is 32.8 Å². The van der Waals surface area contributed by atoms with Crippen LogP contribution in [-0.2, 0) is 20.9 Å². The average Bonchev–Trinajstić information content (AvgIpc) is 2.83. The summed E-state index contributed by atoms with van der Waals surface area (Å²) in [6.45, 7) is 6.52. The number of rotatable bonds is 9. The summed E-state index contributed by atoms with van der Waals surface area (Å²) in [5.41, 5.74) is 1.12. The molecule has 2 amide bonds. The van der Waals surface area contributed by atoms with Gasteiger partial charge in [0.05, 0.1) is 0 Å². The minimum Gasteiger partial charge on any atom is -0.372 e. The minimum absolute atomic E-state index is 0.0951. The second-order valence-electron chi connectivity index (χ2n) is 9.64. The van der Waals surface area contributed by atoms with Gasteiger partial charge in [-0.25, -0.2) is 0 Å². The van der Waals surface area contributed by atoms with Crippen LogP contribution in [0.4, 0.5) is 0 Å². The number of nitrogens with zero attached hydrogens (tertiary/aromatic N) is 2. The summed E-state index contributed by atoms with van der Waals surface area (Å²) in [6, 6.07) is 10.9. The van der Waals surface area contributed by atoms with E-state index in [1.54, 1.807) is 0 Å². The normalized spacial score (nSPS) is 27.6. The Hall–Kier alpha value is -1.92. The maximum atomic E-state index is 13.1. The number of benzene rings is 1. The smallest absolute Gasteiger partial charge is 0.248 e. The predicted octanol–water partition coefficient (Wildman–Crippen LogP) is 3.21. The number of carbonyl (C=O) groups is 2. The Balaban J connectivity index is 1.36. The van der Waals surface area contributed by atoms with Crippen LogP contribution in [0.15, 0.2) is 30.3 Å². The molecule has 1 aromatic rings. The highest BCUT2D eigenvalue weighted by Gasteiger charge is 2.49. The van der Waals surface area contributed by atoms with E-state index in [1.165, 1.54) is 38.8 Å². The number of hydrogen-bond acceptors (Lipinski definition) is 4. The number of hydrogen-bond donors (Lipinski definition) is 1. The molecule has 0 aliphatic carbocycles. The lowest BCUT2D eigenvalue weighted by atomic mass is 9.69. The van der Waals surface area contributed by atoms with Gasteiger partial charge in [-0.3, -0.25) is 14.5 Å². The molecule has 32 heavy (non-hydrogen) atoms. The molecule has 3 aliphatic heterocycles. The third-order valence-corrected chi connectivity index (χ3v) is 7.66. The van der Waals surface area contributed by atoms with Gasteiger partial charge in [0, 0.05) is 38.2 Å². The van der Waals surface area contributed by atoms with E-state index in [2.05, 4.69) is 15.1 Å². The van der Waals surface area contributed by atoms with E-state index >= 15 is 0 Å². The van der Waals surface area contributed by atoms with E-state index in [0.717, 1.165) is 24.9 Å². The number of amides is 2. The SMILES string of the molecule is CCOCC(=O)N1C[C@@H]2CCCN3CCC[C@@H]([C@H]23)[C@H]1CCCC(=O)NCc1ccccc1. The molecule has 176 valence electrons. The van der Waals surface area contributed by atoms with E-state index < -0.39 is 0 Å². The zero-order valence-electron chi connectivity index (χ0n) is 19.5. The Morgan fingerprint density at radius 1 is 1.12 bits per heavy atom. The van der Waals surface area contributed by atoms with Crippen molar-refractivity contribution in [2.24, 2.45) is 11.8 Å². The Labute approximate surface area is 192 Å². The van der Waals surface area contributed by atoms with E-state index in [1.807, 2.05) is 37.3 Å². The van der Waals surface area contributed by atoms with Crippen LogP contribution in [0.1, 0.15) is 57.4 Å². The first-order valence-corrected chi connectivity index (χ1v) is 12.6. The minimum atomic E-state index is 0.0951. The third kappa shape index (κ3) is 5.52. The molecule has 0 unspecified atom stereocenters. The lowest BCUT2D eigenvalue weighted by Gasteiger charge is -2.57. The van der Waals surface area contributed by atoms with E-state index in [-0.39, 0.29) is 24.5 Å². The first-order chi connectivity index (χ1) is 15.7. The Morgan fingerprint density at radius 2 is 1.91 bits per heavy atom. The highest BCUT2D eigenvalue weighted by atomic mass is 16.5. The van der Waals surface area contributed by atoms with Crippen molar-refractivity contribution in [1.82, 2.24) is 15.1 Å². The largest absolute Gasteiger partial charge is 0.372 e. The first-order valence-electron chi connectivity index (χ1n) is 12.6. The molecule has 6 heteroatoms. The van der Waals surface area contributed by atoms with E-state index in [0.29, 0.717) is 37.5 Å². The van der Waals surface area contributed by atoms with Crippen LogP contribution in [0, 0.1) is 11.8 Å². The fraction of sp³-hybridized carbons (Fsp3) is 0.692. The van der Waals surface area contributed by atoms with Gasteiger partial charge in [-0.05, 0) is 75.9 Å². The van der Waals surface area contributed by atoms with Crippen molar-refractivity contribution in [2.45, 2.75) is 70.5 Å². The third-order valence-electron chi connectivity index (χ3n) is 7.66. The van der Waals surface area contributed by atoms with Crippen molar-refractivity contribution >= 4 is 11.8 Å². The zero-order chi connectivity index (χ0) is 22.3. The molecule has 0 spiro atoms.